The molecule has 0 radical (unpaired) electrons. The minimum Gasteiger partial charge on any atom is -0.491 e. The van der Waals surface area contributed by atoms with Crippen LogP contribution in [0.1, 0.15) is 36.0 Å². The van der Waals surface area contributed by atoms with Gasteiger partial charge in [-0.2, -0.15) is 5.10 Å². The van der Waals surface area contributed by atoms with Crippen LogP contribution in [0, 0.1) is 11.7 Å². The van der Waals surface area contributed by atoms with E-state index in [0.717, 1.165) is 34.4 Å². The molecule has 9 nitrogen and oxygen atoms in total. The fraction of sp³-hybridized carbons (Fsp3) is 0.379. The zero-order valence-electron chi connectivity index (χ0n) is 21.4. The molecule has 1 aromatic heterocycles. The molecular formula is C29H27FN4O5. The van der Waals surface area contributed by atoms with Gasteiger partial charge in [-0.3, -0.25) is 14.3 Å². The zero-order valence-corrected chi connectivity index (χ0v) is 21.4. The normalized spacial score (nSPS) is 23.9. The number of rotatable bonds is 4. The third-order valence-electron chi connectivity index (χ3n) is 8.35. The number of carbonyl (C=O) groups is 3. The lowest BCUT2D eigenvalue weighted by Gasteiger charge is -2.30. The number of aryl methyl sites for hydroxylation is 2. The summed E-state index contributed by atoms with van der Waals surface area (Å²) in [5.74, 6) is -0.506. The van der Waals surface area contributed by atoms with E-state index in [2.05, 4.69) is 5.10 Å². The molecule has 2 fully saturated rings. The minimum absolute atomic E-state index is 0.148. The van der Waals surface area contributed by atoms with E-state index < -0.39 is 30.0 Å². The van der Waals surface area contributed by atoms with Gasteiger partial charge in [0.15, 0.2) is 0 Å². The monoisotopic (exact) mass is 530 g/mol. The molecule has 1 unspecified atom stereocenters. The third-order valence-corrected chi connectivity index (χ3v) is 8.35. The van der Waals surface area contributed by atoms with E-state index in [1.807, 2.05) is 31.4 Å². The van der Waals surface area contributed by atoms with Crippen LogP contribution >= 0.6 is 0 Å². The standard InChI is InChI=1S/C29H27FN4O5/c1-32-13-21(12-31-32)18-4-6-23-19(10-18)8-9-29(23)27(36)34(28(37)39-29)15-26(35)33-14-20-11-22(30)5-7-25(20)38-16-24(33)17-2-3-17/h4-7,10-13,17,24H,2-3,8-9,14-16H2,1H3/t24-,29?/m0/s1. The average molecular weight is 531 g/mol. The van der Waals surface area contributed by atoms with Gasteiger partial charge in [0.1, 0.15) is 24.7 Å². The van der Waals surface area contributed by atoms with Crippen molar-refractivity contribution < 1.29 is 28.2 Å². The Morgan fingerprint density at radius 2 is 1.97 bits per heavy atom. The molecule has 1 spiro atoms. The molecule has 4 aliphatic rings. The van der Waals surface area contributed by atoms with Gasteiger partial charge in [-0.05, 0) is 54.5 Å². The molecule has 1 saturated heterocycles. The quantitative estimate of drug-likeness (QED) is 0.512. The molecule has 200 valence electrons. The largest absolute Gasteiger partial charge is 0.491 e. The number of aromatic nitrogens is 2. The number of benzene rings is 2. The van der Waals surface area contributed by atoms with Gasteiger partial charge in [0, 0.05) is 42.9 Å². The number of hydrogen-bond acceptors (Lipinski definition) is 6. The van der Waals surface area contributed by atoms with E-state index in [1.54, 1.807) is 21.8 Å². The molecule has 3 aromatic rings. The van der Waals surface area contributed by atoms with Gasteiger partial charge in [0.25, 0.3) is 5.91 Å². The lowest BCUT2D eigenvalue weighted by molar-refractivity contribution is -0.143. The summed E-state index contributed by atoms with van der Waals surface area (Å²) in [5.41, 5.74) is 2.65. The Morgan fingerprint density at radius 3 is 2.74 bits per heavy atom. The van der Waals surface area contributed by atoms with E-state index in [0.29, 0.717) is 29.7 Å². The van der Waals surface area contributed by atoms with Gasteiger partial charge >= 0.3 is 6.09 Å². The Balaban J connectivity index is 1.14. The topological polar surface area (TPSA) is 94.0 Å². The highest BCUT2D eigenvalue weighted by Gasteiger charge is 2.58. The summed E-state index contributed by atoms with van der Waals surface area (Å²) in [6.07, 6.45) is 5.69. The van der Waals surface area contributed by atoms with Crippen LogP contribution < -0.4 is 4.74 Å². The molecule has 3 amide bonds. The number of nitrogens with zero attached hydrogens (tertiary/aromatic N) is 4. The SMILES string of the molecule is Cn1cc(-c2ccc3c(c2)CCC32OC(=O)N(CC(=O)N3Cc4cc(F)ccc4OC[C@H]3C3CC3)C2=O)cn1. The van der Waals surface area contributed by atoms with Crippen molar-refractivity contribution in [2.24, 2.45) is 13.0 Å². The number of ether oxygens (including phenoxy) is 2. The van der Waals surface area contributed by atoms with Gasteiger partial charge in [0.05, 0.1) is 12.2 Å². The second kappa shape index (κ2) is 8.65. The Morgan fingerprint density at radius 1 is 1.13 bits per heavy atom. The van der Waals surface area contributed by atoms with Crippen LogP contribution in [0.2, 0.25) is 0 Å². The summed E-state index contributed by atoms with van der Waals surface area (Å²) in [6, 6.07) is 9.79. The summed E-state index contributed by atoms with van der Waals surface area (Å²) < 4.78 is 27.4. The first-order valence-corrected chi connectivity index (χ1v) is 13.2. The predicted molar refractivity (Wildman–Crippen MR) is 136 cm³/mol. The Labute approximate surface area is 224 Å². The maximum atomic E-state index is 14.0. The van der Waals surface area contributed by atoms with Crippen molar-refractivity contribution in [3.8, 4) is 16.9 Å². The van der Waals surface area contributed by atoms with Crippen molar-refractivity contribution in [1.82, 2.24) is 19.6 Å². The number of fused-ring (bicyclic) bond motifs is 3. The third kappa shape index (κ3) is 3.88. The first-order valence-electron chi connectivity index (χ1n) is 13.2. The van der Waals surface area contributed by atoms with Crippen LogP contribution in [0.5, 0.6) is 5.75 Å². The predicted octanol–water partition coefficient (Wildman–Crippen LogP) is 3.55. The van der Waals surface area contributed by atoms with Crippen molar-refractivity contribution in [2.75, 3.05) is 13.2 Å². The van der Waals surface area contributed by atoms with Crippen molar-refractivity contribution in [2.45, 2.75) is 43.9 Å². The lowest BCUT2D eigenvalue weighted by atomic mass is 9.93. The number of imide groups is 1. The maximum absolute atomic E-state index is 14.0. The first kappa shape index (κ1) is 23.9. The number of carbonyl (C=O) groups excluding carboxylic acids is 3. The molecule has 39 heavy (non-hydrogen) atoms. The summed E-state index contributed by atoms with van der Waals surface area (Å²) >= 11 is 0. The van der Waals surface area contributed by atoms with Gasteiger partial charge < -0.3 is 14.4 Å². The minimum atomic E-state index is -1.42. The second-order valence-electron chi connectivity index (χ2n) is 10.9. The van der Waals surface area contributed by atoms with E-state index in [9.17, 15) is 18.8 Å². The van der Waals surface area contributed by atoms with Gasteiger partial charge in [-0.1, -0.05) is 18.2 Å². The van der Waals surface area contributed by atoms with Crippen molar-refractivity contribution in [3.05, 3.63) is 71.3 Å². The van der Waals surface area contributed by atoms with Gasteiger partial charge in [0.2, 0.25) is 11.5 Å². The first-order chi connectivity index (χ1) is 18.8. The van der Waals surface area contributed by atoms with Crippen LogP contribution in [0.25, 0.3) is 11.1 Å². The molecular weight excluding hydrogens is 503 g/mol. The molecule has 10 heteroatoms. The highest BCUT2D eigenvalue weighted by Crippen LogP contribution is 2.46. The van der Waals surface area contributed by atoms with Crippen molar-refractivity contribution >= 4 is 17.9 Å². The summed E-state index contributed by atoms with van der Waals surface area (Å²) in [5, 5.41) is 4.22. The zero-order chi connectivity index (χ0) is 26.9. The van der Waals surface area contributed by atoms with E-state index in [-0.39, 0.29) is 31.0 Å². The molecule has 3 heterocycles. The Kier molecular flexibility index (Phi) is 5.30. The highest BCUT2D eigenvalue weighted by atomic mass is 19.1. The van der Waals surface area contributed by atoms with Crippen LogP contribution in [0.15, 0.2) is 48.8 Å². The fourth-order valence-electron chi connectivity index (χ4n) is 6.15. The number of hydrogen-bond donors (Lipinski definition) is 0. The fourth-order valence-corrected chi connectivity index (χ4v) is 6.15. The molecule has 2 aliphatic carbocycles. The summed E-state index contributed by atoms with van der Waals surface area (Å²) in [6.45, 7) is -0.00430. The summed E-state index contributed by atoms with van der Waals surface area (Å²) in [7, 11) is 1.85. The van der Waals surface area contributed by atoms with Crippen LogP contribution in [-0.4, -0.2) is 56.7 Å². The van der Waals surface area contributed by atoms with E-state index >= 15 is 0 Å². The molecule has 0 bridgehead atoms. The van der Waals surface area contributed by atoms with E-state index in [1.165, 1.54) is 12.1 Å². The summed E-state index contributed by atoms with van der Waals surface area (Å²) in [4.78, 5) is 43.0. The highest BCUT2D eigenvalue weighted by molar-refractivity contribution is 6.06. The van der Waals surface area contributed by atoms with Gasteiger partial charge in [-0.15, -0.1) is 0 Å². The smallest absolute Gasteiger partial charge is 0.418 e. The molecule has 2 atom stereocenters. The van der Waals surface area contributed by atoms with Gasteiger partial charge in [-0.25, -0.2) is 14.1 Å². The molecule has 2 aromatic carbocycles. The number of halogens is 1. The average Bonchev–Trinajstić information content (AvgIpc) is 3.55. The number of amides is 3. The maximum Gasteiger partial charge on any atom is 0.418 e. The molecule has 0 N–H and O–H groups in total. The molecule has 2 aliphatic heterocycles. The Hall–Kier alpha value is -4.21. The van der Waals surface area contributed by atoms with E-state index in [4.69, 9.17) is 9.47 Å². The molecule has 7 rings (SSSR count). The van der Waals surface area contributed by atoms with Crippen molar-refractivity contribution in [1.29, 1.82) is 0 Å². The van der Waals surface area contributed by atoms with Crippen LogP contribution in [0.3, 0.4) is 0 Å². The lowest BCUT2D eigenvalue weighted by Crippen LogP contribution is -2.49. The second-order valence-corrected chi connectivity index (χ2v) is 10.9. The van der Waals surface area contributed by atoms with Crippen LogP contribution in [-0.2, 0) is 39.9 Å². The van der Waals surface area contributed by atoms with Crippen LogP contribution in [0.4, 0.5) is 9.18 Å². The van der Waals surface area contributed by atoms with Crippen molar-refractivity contribution in [3.63, 3.8) is 0 Å². The Bertz CT molecular complexity index is 1530. The molecule has 1 saturated carbocycles.